The molecule has 0 unspecified atom stereocenters. The number of aromatic nitrogens is 2. The summed E-state index contributed by atoms with van der Waals surface area (Å²) in [6, 6.07) is 9.07. The number of nitrogens with one attached hydrogen (secondary N) is 1. The number of likely N-dealkylation sites (tertiary alicyclic amines) is 1. The van der Waals surface area contributed by atoms with Gasteiger partial charge in [-0.1, -0.05) is 25.0 Å². The number of hydrogen-bond acceptors (Lipinski definition) is 5. The number of anilines is 1. The largest absolute Gasteiger partial charge is 0.370 e. The molecule has 24 heavy (non-hydrogen) atoms. The van der Waals surface area contributed by atoms with Crippen molar-refractivity contribution in [2.45, 2.75) is 50.2 Å². The van der Waals surface area contributed by atoms with E-state index in [1.807, 2.05) is 6.07 Å². The fourth-order valence-corrected chi connectivity index (χ4v) is 4.80. The van der Waals surface area contributed by atoms with Crippen molar-refractivity contribution in [1.29, 1.82) is 0 Å². The lowest BCUT2D eigenvalue weighted by Crippen LogP contribution is -2.51. The quantitative estimate of drug-likeness (QED) is 0.845. The highest BCUT2D eigenvalue weighted by atomic mass is 15.4. The monoisotopic (exact) mass is 324 g/mol. The molecule has 1 aromatic carbocycles. The van der Waals surface area contributed by atoms with Gasteiger partial charge in [0.15, 0.2) is 5.96 Å². The minimum Gasteiger partial charge on any atom is -0.370 e. The first-order valence-electron chi connectivity index (χ1n) is 9.10. The molecule has 6 nitrogen and oxygen atoms in total. The zero-order valence-electron chi connectivity index (χ0n) is 13.9. The van der Waals surface area contributed by atoms with Gasteiger partial charge in [-0.05, 0) is 25.0 Å². The number of para-hydroxylation sites is 2. The summed E-state index contributed by atoms with van der Waals surface area (Å²) in [5.74, 6) is 1.32. The van der Waals surface area contributed by atoms with Crippen LogP contribution in [0.3, 0.4) is 0 Å². The van der Waals surface area contributed by atoms with Crippen LogP contribution < -0.4 is 11.1 Å². The maximum atomic E-state index is 6.11. The van der Waals surface area contributed by atoms with Crippen molar-refractivity contribution in [1.82, 2.24) is 14.5 Å². The number of nitrogens with two attached hydrogens (primary N) is 1. The lowest BCUT2D eigenvalue weighted by molar-refractivity contribution is 0.0867. The Morgan fingerprint density at radius 3 is 2.67 bits per heavy atom. The Labute approximate surface area is 141 Å². The summed E-state index contributed by atoms with van der Waals surface area (Å²) in [6.45, 7) is 2.18. The first-order valence-corrected chi connectivity index (χ1v) is 9.10. The van der Waals surface area contributed by atoms with Crippen molar-refractivity contribution in [3.8, 4) is 0 Å². The second kappa shape index (κ2) is 5.21. The smallest absolute Gasteiger partial charge is 0.212 e. The van der Waals surface area contributed by atoms with Crippen LogP contribution in [0.5, 0.6) is 0 Å². The van der Waals surface area contributed by atoms with E-state index in [4.69, 9.17) is 15.7 Å². The Kier molecular flexibility index (Phi) is 3.10. The number of piperidine rings is 1. The average Bonchev–Trinajstić information content (AvgIpc) is 3.22. The third-order valence-electron chi connectivity index (χ3n) is 5.99. The van der Waals surface area contributed by atoms with Gasteiger partial charge in [0.1, 0.15) is 5.66 Å². The highest BCUT2D eigenvalue weighted by molar-refractivity contribution is 5.94. The third kappa shape index (κ3) is 2.05. The normalized spacial score (nSPS) is 24.1. The van der Waals surface area contributed by atoms with Gasteiger partial charge in [-0.15, -0.1) is 0 Å². The average molecular weight is 324 g/mol. The van der Waals surface area contributed by atoms with Gasteiger partial charge in [0.25, 0.3) is 0 Å². The van der Waals surface area contributed by atoms with E-state index >= 15 is 0 Å². The van der Waals surface area contributed by atoms with E-state index in [9.17, 15) is 0 Å². The van der Waals surface area contributed by atoms with Crippen LogP contribution in [-0.4, -0.2) is 39.5 Å². The van der Waals surface area contributed by atoms with Crippen molar-refractivity contribution in [2.75, 3.05) is 18.4 Å². The summed E-state index contributed by atoms with van der Waals surface area (Å²) in [5, 5.41) is 3.15. The second-order valence-corrected chi connectivity index (χ2v) is 7.34. The molecule has 3 N–H and O–H groups in total. The number of benzene rings is 1. The zero-order chi connectivity index (χ0) is 16.1. The van der Waals surface area contributed by atoms with E-state index in [0.29, 0.717) is 5.96 Å². The molecular formula is C18H24N6. The lowest BCUT2D eigenvalue weighted by Gasteiger charge is -2.44. The van der Waals surface area contributed by atoms with Gasteiger partial charge < -0.3 is 10.6 Å². The predicted molar refractivity (Wildman–Crippen MR) is 96.0 cm³/mol. The van der Waals surface area contributed by atoms with Gasteiger partial charge in [0, 0.05) is 32.0 Å². The molecule has 2 aliphatic heterocycles. The predicted octanol–water partition coefficient (Wildman–Crippen LogP) is 2.47. The van der Waals surface area contributed by atoms with Crippen LogP contribution in [0.2, 0.25) is 0 Å². The fraction of sp³-hybridized carbons (Fsp3) is 0.556. The molecular weight excluding hydrogens is 300 g/mol. The van der Waals surface area contributed by atoms with E-state index < -0.39 is 0 Å². The summed E-state index contributed by atoms with van der Waals surface area (Å²) < 4.78 is 2.28. The molecule has 1 saturated heterocycles. The molecule has 1 aliphatic carbocycles. The Bertz CT molecular complexity index is 793. The standard InChI is InChI=1S/C18H24N6/c19-16-21-17-20-14-7-3-4-8-15(14)24(17)18(22-16)9-11-23(12-10-18)13-5-1-2-6-13/h3-4,7-8,13H,1-2,5-6,9-12H2,(H3,19,20,21,22). The molecule has 3 aliphatic rings. The minimum atomic E-state index is -0.282. The van der Waals surface area contributed by atoms with E-state index in [1.54, 1.807) is 0 Å². The van der Waals surface area contributed by atoms with Crippen molar-refractivity contribution in [2.24, 2.45) is 10.7 Å². The summed E-state index contributed by atoms with van der Waals surface area (Å²) >= 11 is 0. The van der Waals surface area contributed by atoms with Crippen molar-refractivity contribution < 1.29 is 0 Å². The Morgan fingerprint density at radius 1 is 1.12 bits per heavy atom. The molecule has 2 fully saturated rings. The lowest BCUT2D eigenvalue weighted by atomic mass is 9.94. The molecule has 1 spiro atoms. The molecule has 3 heterocycles. The Morgan fingerprint density at radius 2 is 1.88 bits per heavy atom. The first-order chi connectivity index (χ1) is 11.8. The summed E-state index contributed by atoms with van der Waals surface area (Å²) in [5.41, 5.74) is 7.97. The molecule has 5 rings (SSSR count). The number of rotatable bonds is 1. The highest BCUT2D eigenvalue weighted by Crippen LogP contribution is 2.41. The molecule has 0 bridgehead atoms. The van der Waals surface area contributed by atoms with Crippen LogP contribution in [0.1, 0.15) is 38.5 Å². The van der Waals surface area contributed by atoms with E-state index in [2.05, 4.69) is 33.0 Å². The van der Waals surface area contributed by atoms with Crippen LogP contribution in [0.15, 0.2) is 29.3 Å². The van der Waals surface area contributed by atoms with Gasteiger partial charge in [0.05, 0.1) is 11.0 Å². The van der Waals surface area contributed by atoms with Gasteiger partial charge >= 0.3 is 0 Å². The maximum Gasteiger partial charge on any atom is 0.212 e. The summed E-state index contributed by atoms with van der Waals surface area (Å²) in [6.07, 6.45) is 7.49. The van der Waals surface area contributed by atoms with Crippen LogP contribution in [-0.2, 0) is 5.66 Å². The van der Waals surface area contributed by atoms with Gasteiger partial charge in [-0.25, -0.2) is 9.98 Å². The van der Waals surface area contributed by atoms with Crippen molar-refractivity contribution in [3.05, 3.63) is 24.3 Å². The molecule has 0 radical (unpaired) electrons. The molecule has 0 amide bonds. The van der Waals surface area contributed by atoms with Crippen LogP contribution in [0, 0.1) is 0 Å². The Balaban J connectivity index is 1.52. The number of fused-ring (bicyclic) bond motifs is 4. The maximum absolute atomic E-state index is 6.11. The SMILES string of the molecule is NC1=NC2(CCN(C3CCCC3)CC2)n2c(nc3ccccc32)N1. The molecule has 1 aromatic heterocycles. The topological polar surface area (TPSA) is 71.5 Å². The Hall–Kier alpha value is -2.08. The number of imidazole rings is 1. The minimum absolute atomic E-state index is 0.282. The molecule has 126 valence electrons. The highest BCUT2D eigenvalue weighted by Gasteiger charge is 2.42. The van der Waals surface area contributed by atoms with Crippen LogP contribution in [0.25, 0.3) is 11.0 Å². The molecule has 6 heteroatoms. The van der Waals surface area contributed by atoms with Crippen LogP contribution >= 0.6 is 0 Å². The molecule has 0 atom stereocenters. The summed E-state index contributed by atoms with van der Waals surface area (Å²) in [4.78, 5) is 12.3. The zero-order valence-corrected chi connectivity index (χ0v) is 13.9. The van der Waals surface area contributed by atoms with Gasteiger partial charge in [-0.2, -0.15) is 0 Å². The van der Waals surface area contributed by atoms with E-state index in [1.165, 1.54) is 25.7 Å². The van der Waals surface area contributed by atoms with E-state index in [0.717, 1.165) is 49.0 Å². The van der Waals surface area contributed by atoms with Crippen molar-refractivity contribution in [3.63, 3.8) is 0 Å². The molecule has 2 aromatic rings. The number of hydrogen-bond donors (Lipinski definition) is 2. The van der Waals surface area contributed by atoms with Crippen LogP contribution in [0.4, 0.5) is 5.95 Å². The molecule has 1 saturated carbocycles. The third-order valence-corrected chi connectivity index (χ3v) is 5.99. The second-order valence-electron chi connectivity index (χ2n) is 7.34. The number of aliphatic imine (C=N–C) groups is 1. The van der Waals surface area contributed by atoms with E-state index in [-0.39, 0.29) is 5.66 Å². The van der Waals surface area contributed by atoms with Crippen molar-refractivity contribution >= 4 is 22.9 Å². The fourth-order valence-electron chi connectivity index (χ4n) is 4.80. The van der Waals surface area contributed by atoms with Gasteiger partial charge in [-0.3, -0.25) is 9.88 Å². The number of nitrogens with zero attached hydrogens (tertiary/aromatic N) is 4. The summed E-state index contributed by atoms with van der Waals surface area (Å²) in [7, 11) is 0. The first kappa shape index (κ1) is 14.3. The number of guanidine groups is 1. The van der Waals surface area contributed by atoms with Gasteiger partial charge in [0.2, 0.25) is 5.95 Å².